The number of carboxylic acid groups (broad SMARTS) is 2. The van der Waals surface area contributed by atoms with Crippen molar-refractivity contribution in [3.8, 4) is 0 Å². The van der Waals surface area contributed by atoms with Gasteiger partial charge in [-0.2, -0.15) is 13.5 Å². The fraction of sp³-hybridized carbons (Fsp3) is 0.0741. The summed E-state index contributed by atoms with van der Waals surface area (Å²) in [4.78, 5) is 34.4. The van der Waals surface area contributed by atoms with E-state index in [2.05, 4.69) is 15.5 Å². The van der Waals surface area contributed by atoms with Crippen LogP contribution in [0.2, 0.25) is 0 Å². The summed E-state index contributed by atoms with van der Waals surface area (Å²) in [5.41, 5.74) is 7.90. The average Bonchev–Trinajstić information content (AvgIpc) is 2.91. The molecule has 0 atom stereocenters. The van der Waals surface area contributed by atoms with E-state index in [4.69, 9.17) is 15.9 Å². The summed E-state index contributed by atoms with van der Waals surface area (Å²) in [6.07, 6.45) is -0.198. The van der Waals surface area contributed by atoms with Gasteiger partial charge in [-0.05, 0) is 54.4 Å². The van der Waals surface area contributed by atoms with Crippen molar-refractivity contribution in [2.45, 2.75) is 11.3 Å². The van der Waals surface area contributed by atoms with Gasteiger partial charge in [-0.3, -0.25) is 18.9 Å². The van der Waals surface area contributed by atoms with E-state index in [1.165, 1.54) is 54.6 Å². The van der Waals surface area contributed by atoms with Gasteiger partial charge in [0.05, 0.1) is 11.4 Å². The van der Waals surface area contributed by atoms with Crippen LogP contribution in [0, 0.1) is 5.92 Å². The number of anilines is 2. The Labute approximate surface area is 317 Å². The van der Waals surface area contributed by atoms with Crippen LogP contribution in [-0.2, 0) is 26.1 Å². The van der Waals surface area contributed by atoms with Crippen molar-refractivity contribution in [1.29, 1.82) is 0 Å². The Morgan fingerprint density at radius 3 is 1.93 bits per heavy atom. The molecule has 16 heteroatoms. The van der Waals surface area contributed by atoms with Gasteiger partial charge in [0.2, 0.25) is 0 Å². The molecule has 12 nitrogen and oxygen atoms in total. The number of hydrogen-bond donors (Lipinski definition) is 5. The van der Waals surface area contributed by atoms with Gasteiger partial charge in [-0.25, -0.2) is 0 Å². The van der Waals surface area contributed by atoms with Crippen LogP contribution in [0.3, 0.4) is 0 Å². The van der Waals surface area contributed by atoms with E-state index in [0.29, 0.717) is 27.9 Å². The molecule has 0 radical (unpaired) electrons. The third-order valence-electron chi connectivity index (χ3n) is 5.95. The van der Waals surface area contributed by atoms with Crippen LogP contribution >= 0.6 is 0 Å². The minimum atomic E-state index is -4.56. The van der Waals surface area contributed by atoms with Gasteiger partial charge in [0.15, 0.2) is 5.92 Å². The number of aliphatic carboxylic acids is 2. The van der Waals surface area contributed by atoms with E-state index in [9.17, 15) is 27.4 Å². The topological polar surface area (TPSA) is 209 Å². The molecule has 0 fully saturated rings. The Bertz CT molecular complexity index is 1770. The molecule has 0 aliphatic rings. The number of carboxylic acids is 2. The molecule has 0 aromatic heterocycles. The van der Waals surface area contributed by atoms with E-state index in [1.54, 1.807) is 18.2 Å². The van der Waals surface area contributed by atoms with Crippen LogP contribution in [0.4, 0.5) is 22.7 Å². The average molecular weight is 635 g/mol. The van der Waals surface area contributed by atoms with Crippen LogP contribution in [0.15, 0.2) is 94.0 Å². The Balaban J connectivity index is -0.00000308. The molecule has 0 aliphatic heterocycles. The zero-order valence-corrected chi connectivity index (χ0v) is 30.4. The maximum absolute atomic E-state index is 12.6. The maximum atomic E-state index is 12.6. The number of azo groups is 1. The van der Waals surface area contributed by atoms with Crippen molar-refractivity contribution >= 4 is 61.5 Å². The third-order valence-corrected chi connectivity index (χ3v) is 6.85. The molecular formula is C27H25N4Na3O8S. The zero-order valence-electron chi connectivity index (χ0n) is 26.6. The molecule has 0 aliphatic carbocycles. The number of fused-ring (bicyclic) bond motifs is 1. The van der Waals surface area contributed by atoms with E-state index in [0.717, 1.165) is 6.07 Å². The summed E-state index contributed by atoms with van der Waals surface area (Å²) in [7, 11) is -4.56. The van der Waals surface area contributed by atoms with E-state index in [-0.39, 0.29) is 121 Å². The largest absolute Gasteiger partial charge is 1.00 e. The van der Waals surface area contributed by atoms with Crippen LogP contribution in [0.1, 0.15) is 20.2 Å². The molecule has 0 spiro atoms. The SMILES string of the molecule is Nc1c(N=Nc2ccc(C(=O)Nc3ccc(CC(C(=O)O)C(=O)O)cc3)cc2)cc(S(=O)(=O)O)c2ccccc12.[H-].[H-].[H-].[Na+].[Na+].[Na+]. The minimum absolute atomic E-state index is 0. The number of amides is 1. The molecular weight excluding hydrogens is 609 g/mol. The van der Waals surface area contributed by atoms with Gasteiger partial charge in [0.1, 0.15) is 10.6 Å². The summed E-state index contributed by atoms with van der Waals surface area (Å²) < 4.78 is 33.4. The first-order valence-corrected chi connectivity index (χ1v) is 13.0. The maximum Gasteiger partial charge on any atom is 1.00 e. The Hall–Kier alpha value is -2.14. The fourth-order valence-electron chi connectivity index (χ4n) is 3.88. The first-order valence-electron chi connectivity index (χ1n) is 11.6. The molecule has 0 heterocycles. The van der Waals surface area contributed by atoms with Crippen molar-refractivity contribution in [1.82, 2.24) is 0 Å². The normalized spacial score (nSPS) is 10.8. The number of rotatable bonds is 9. The smallest absolute Gasteiger partial charge is 1.00 e. The van der Waals surface area contributed by atoms with E-state index < -0.39 is 33.9 Å². The number of benzene rings is 4. The second kappa shape index (κ2) is 16.8. The van der Waals surface area contributed by atoms with Gasteiger partial charge in [0, 0.05) is 22.0 Å². The Morgan fingerprint density at radius 2 is 1.40 bits per heavy atom. The monoisotopic (exact) mass is 634 g/mol. The number of nitrogens with zero attached hydrogens (tertiary/aromatic N) is 2. The first-order chi connectivity index (χ1) is 18.9. The summed E-state index contributed by atoms with van der Waals surface area (Å²) in [5, 5.41) is 29.5. The van der Waals surface area contributed by atoms with Gasteiger partial charge < -0.3 is 25.5 Å². The van der Waals surface area contributed by atoms with Crippen LogP contribution in [0.25, 0.3) is 10.8 Å². The van der Waals surface area contributed by atoms with Gasteiger partial charge in [0.25, 0.3) is 16.0 Å². The predicted molar refractivity (Wildman–Crippen MR) is 149 cm³/mol. The summed E-state index contributed by atoms with van der Waals surface area (Å²) in [6, 6.07) is 19.7. The first kappa shape index (κ1) is 38.9. The van der Waals surface area contributed by atoms with Gasteiger partial charge in [-0.15, -0.1) is 5.11 Å². The number of carbonyl (C=O) groups excluding carboxylic acids is 1. The van der Waals surface area contributed by atoms with Crippen molar-refractivity contribution in [3.05, 3.63) is 90.0 Å². The quantitative estimate of drug-likeness (QED) is 0.0399. The van der Waals surface area contributed by atoms with Gasteiger partial charge in [-0.1, -0.05) is 36.4 Å². The summed E-state index contributed by atoms with van der Waals surface area (Å²) >= 11 is 0. The molecule has 210 valence electrons. The number of nitrogen functional groups attached to an aromatic ring is 1. The molecule has 0 unspecified atom stereocenters. The summed E-state index contributed by atoms with van der Waals surface area (Å²) in [6.45, 7) is 0. The summed E-state index contributed by atoms with van der Waals surface area (Å²) in [5.74, 6) is -4.88. The number of nitrogens with two attached hydrogens (primary N) is 1. The second-order valence-electron chi connectivity index (χ2n) is 8.66. The van der Waals surface area contributed by atoms with Crippen LogP contribution < -0.4 is 99.7 Å². The van der Waals surface area contributed by atoms with Gasteiger partial charge >= 0.3 is 101 Å². The van der Waals surface area contributed by atoms with Crippen molar-refractivity contribution in [2.24, 2.45) is 16.1 Å². The van der Waals surface area contributed by atoms with Crippen LogP contribution in [-0.4, -0.2) is 41.0 Å². The fourth-order valence-corrected chi connectivity index (χ4v) is 4.60. The van der Waals surface area contributed by atoms with Crippen LogP contribution in [0.5, 0.6) is 0 Å². The standard InChI is InChI=1S/C27H22N4O8S.3Na.3H/c28-24-20-4-2-1-3-19(20)23(40(37,38)39)14-22(24)31-30-18-11-7-16(8-12-18)25(32)29-17-9-5-15(6-10-17)13-21(26(33)34)27(35)36;;;;;;/h1-12,14,21H,13,28H2,(H,29,32)(H,33,34)(H,35,36)(H,37,38,39);;;;;;/q;3*+1;3*-1. The van der Waals surface area contributed by atoms with Crippen molar-refractivity contribution in [2.75, 3.05) is 11.1 Å². The molecule has 4 aromatic rings. The second-order valence-corrected chi connectivity index (χ2v) is 10.0. The third kappa shape index (κ3) is 9.93. The molecule has 6 N–H and O–H groups in total. The van der Waals surface area contributed by atoms with E-state index in [1.807, 2.05) is 0 Å². The van der Waals surface area contributed by atoms with Crippen molar-refractivity contribution in [3.63, 3.8) is 0 Å². The molecule has 0 saturated carbocycles. The molecule has 0 saturated heterocycles. The molecule has 1 amide bonds. The zero-order chi connectivity index (χ0) is 29.0. The number of nitrogens with one attached hydrogen (secondary N) is 1. The molecule has 4 aromatic carbocycles. The molecule has 4 rings (SSSR count). The minimum Gasteiger partial charge on any atom is -1.00 e. The Kier molecular flexibility index (Phi) is 15.2. The van der Waals surface area contributed by atoms with Crippen molar-refractivity contribution < 1.29 is 131 Å². The number of hydrogen-bond acceptors (Lipinski definition) is 8. The Morgan fingerprint density at radius 1 is 0.837 bits per heavy atom. The number of carbonyl (C=O) groups is 3. The predicted octanol–water partition coefficient (Wildman–Crippen LogP) is -3.99. The van der Waals surface area contributed by atoms with E-state index >= 15 is 0 Å². The molecule has 0 bridgehead atoms. The molecule has 43 heavy (non-hydrogen) atoms.